The number of rotatable bonds is 6. The van der Waals surface area contributed by atoms with E-state index in [-0.39, 0.29) is 5.91 Å². The molecule has 1 aliphatic heterocycles. The minimum Gasteiger partial charge on any atom is -0.439 e. The van der Waals surface area contributed by atoms with Crippen LogP contribution < -0.4 is 15.0 Å². The van der Waals surface area contributed by atoms with Crippen molar-refractivity contribution < 1.29 is 9.53 Å². The molecule has 0 spiro atoms. The molecule has 0 radical (unpaired) electrons. The fraction of sp³-hybridized carbons (Fsp3) is 0.280. The summed E-state index contributed by atoms with van der Waals surface area (Å²) in [5.41, 5.74) is 3.52. The van der Waals surface area contributed by atoms with Crippen LogP contribution in [0.2, 0.25) is 0 Å². The number of likely N-dealkylation sites (N-methyl/N-ethyl adjacent to an activating group) is 1. The third-order valence-corrected chi connectivity index (χ3v) is 6.15. The summed E-state index contributed by atoms with van der Waals surface area (Å²) in [4.78, 5) is 21.9. The number of amides is 1. The van der Waals surface area contributed by atoms with Crippen LogP contribution in [0.25, 0.3) is 0 Å². The van der Waals surface area contributed by atoms with E-state index in [1.54, 1.807) is 12.1 Å². The van der Waals surface area contributed by atoms with Crippen molar-refractivity contribution in [3.8, 4) is 11.6 Å². The van der Waals surface area contributed by atoms with Crippen LogP contribution in [0.5, 0.6) is 11.6 Å². The number of aromatic nitrogens is 1. The van der Waals surface area contributed by atoms with E-state index in [9.17, 15) is 4.79 Å². The van der Waals surface area contributed by atoms with Crippen LogP contribution in [0.1, 0.15) is 22.8 Å². The van der Waals surface area contributed by atoms with Crippen molar-refractivity contribution in [2.24, 2.45) is 0 Å². The summed E-state index contributed by atoms with van der Waals surface area (Å²) in [6.45, 7) is 9.55. The number of ether oxygens (including phenoxy) is 1. The van der Waals surface area contributed by atoms with Crippen LogP contribution in [0.15, 0.2) is 65.3 Å². The van der Waals surface area contributed by atoms with E-state index in [1.165, 1.54) is 11.9 Å². The highest BCUT2D eigenvalue weighted by Gasteiger charge is 2.17. The number of aryl methyl sites for hydroxylation is 1. The fourth-order valence-corrected chi connectivity index (χ4v) is 4.11. The van der Waals surface area contributed by atoms with Crippen molar-refractivity contribution in [3.05, 3.63) is 76.4 Å². The maximum absolute atomic E-state index is 12.7. The van der Waals surface area contributed by atoms with Gasteiger partial charge >= 0.3 is 0 Å². The molecule has 2 heterocycles. The second-order valence-corrected chi connectivity index (χ2v) is 8.73. The molecule has 0 unspecified atom stereocenters. The van der Waals surface area contributed by atoms with E-state index in [1.807, 2.05) is 37.3 Å². The van der Waals surface area contributed by atoms with Crippen LogP contribution in [-0.4, -0.2) is 48.5 Å². The van der Waals surface area contributed by atoms with Gasteiger partial charge in [0.2, 0.25) is 5.88 Å². The predicted molar refractivity (Wildman–Crippen MR) is 132 cm³/mol. The maximum atomic E-state index is 12.7. The summed E-state index contributed by atoms with van der Waals surface area (Å²) < 4.78 is 6.66. The van der Waals surface area contributed by atoms with Gasteiger partial charge < -0.3 is 19.9 Å². The van der Waals surface area contributed by atoms with Crippen molar-refractivity contribution >= 4 is 33.2 Å². The van der Waals surface area contributed by atoms with Crippen molar-refractivity contribution in [1.29, 1.82) is 0 Å². The molecule has 0 atom stereocenters. The number of pyridine rings is 1. The van der Waals surface area contributed by atoms with Crippen LogP contribution in [0, 0.1) is 6.92 Å². The van der Waals surface area contributed by atoms with E-state index in [4.69, 9.17) is 4.74 Å². The minimum atomic E-state index is -0.195. The highest BCUT2D eigenvalue weighted by Crippen LogP contribution is 2.25. The molecular weight excluding hydrogens is 468 g/mol. The first-order chi connectivity index (χ1) is 15.5. The summed E-state index contributed by atoms with van der Waals surface area (Å²) >= 11 is 3.42. The molecule has 1 N–H and O–H groups in total. The number of carbonyl (C=O) groups excluding carboxylic acids is 1. The SMILES string of the molecule is CCN1CCN(c2ccc(NC(=O)c3ccc(Oc4cccc(Br)c4)nc3)c(C)c2)CC1. The van der Waals surface area contributed by atoms with Gasteiger partial charge in [-0.25, -0.2) is 4.98 Å². The van der Waals surface area contributed by atoms with E-state index >= 15 is 0 Å². The molecule has 1 saturated heterocycles. The first kappa shape index (κ1) is 22.3. The molecule has 1 fully saturated rings. The Labute approximate surface area is 197 Å². The highest BCUT2D eigenvalue weighted by molar-refractivity contribution is 9.10. The van der Waals surface area contributed by atoms with Crippen LogP contribution in [0.3, 0.4) is 0 Å². The average Bonchev–Trinajstić information content (AvgIpc) is 2.81. The van der Waals surface area contributed by atoms with Crippen LogP contribution in [-0.2, 0) is 0 Å². The Bertz CT molecular complexity index is 1080. The summed E-state index contributed by atoms with van der Waals surface area (Å²) in [7, 11) is 0. The zero-order valence-electron chi connectivity index (χ0n) is 18.3. The quantitative estimate of drug-likeness (QED) is 0.501. The third kappa shape index (κ3) is 5.47. The molecule has 0 aliphatic carbocycles. The highest BCUT2D eigenvalue weighted by atomic mass is 79.9. The van der Waals surface area contributed by atoms with Crippen molar-refractivity contribution in [1.82, 2.24) is 9.88 Å². The van der Waals surface area contributed by atoms with Gasteiger partial charge in [-0.3, -0.25) is 4.79 Å². The van der Waals surface area contributed by atoms with E-state index < -0.39 is 0 Å². The minimum absolute atomic E-state index is 0.195. The number of piperazine rings is 1. The van der Waals surface area contributed by atoms with Gasteiger partial charge in [0.1, 0.15) is 5.75 Å². The number of hydrogen-bond donors (Lipinski definition) is 1. The standard InChI is InChI=1S/C25H27BrN4O2/c1-3-29-11-13-30(14-12-29)21-8-9-23(18(2)15-21)28-25(31)19-7-10-24(27-17-19)32-22-6-4-5-20(26)16-22/h4-10,15-17H,3,11-14H2,1-2H3,(H,28,31). The van der Waals surface area contributed by atoms with Gasteiger partial charge in [0.05, 0.1) is 5.56 Å². The van der Waals surface area contributed by atoms with Gasteiger partial charge in [0.15, 0.2) is 0 Å². The lowest BCUT2D eigenvalue weighted by Crippen LogP contribution is -2.46. The summed E-state index contributed by atoms with van der Waals surface area (Å²) in [6, 6.07) is 17.1. The normalized spacial score (nSPS) is 14.3. The number of halogens is 1. The van der Waals surface area contributed by atoms with Crippen LogP contribution >= 0.6 is 15.9 Å². The predicted octanol–water partition coefficient (Wildman–Crippen LogP) is 5.34. The van der Waals surface area contributed by atoms with Crippen LogP contribution in [0.4, 0.5) is 11.4 Å². The Kier molecular flexibility index (Phi) is 7.07. The molecule has 7 heteroatoms. The first-order valence-electron chi connectivity index (χ1n) is 10.8. The monoisotopic (exact) mass is 494 g/mol. The lowest BCUT2D eigenvalue weighted by atomic mass is 10.1. The molecule has 1 aromatic heterocycles. The zero-order valence-corrected chi connectivity index (χ0v) is 19.9. The molecule has 32 heavy (non-hydrogen) atoms. The number of hydrogen-bond acceptors (Lipinski definition) is 5. The van der Waals surface area contributed by atoms with Gasteiger partial charge in [-0.05, 0) is 61.5 Å². The topological polar surface area (TPSA) is 57.7 Å². The molecule has 1 aliphatic rings. The lowest BCUT2D eigenvalue weighted by Gasteiger charge is -2.35. The third-order valence-electron chi connectivity index (χ3n) is 5.66. The molecule has 1 amide bonds. The van der Waals surface area contributed by atoms with Gasteiger partial charge in [0.25, 0.3) is 5.91 Å². The molecule has 0 saturated carbocycles. The number of anilines is 2. The average molecular weight is 495 g/mol. The first-order valence-corrected chi connectivity index (χ1v) is 11.6. The fourth-order valence-electron chi connectivity index (χ4n) is 3.73. The van der Waals surface area contributed by atoms with E-state index in [0.717, 1.165) is 48.4 Å². The Morgan fingerprint density at radius 3 is 2.56 bits per heavy atom. The Balaban J connectivity index is 1.38. The molecule has 166 valence electrons. The second kappa shape index (κ2) is 10.1. The maximum Gasteiger partial charge on any atom is 0.257 e. The number of benzene rings is 2. The Morgan fingerprint density at radius 1 is 1.09 bits per heavy atom. The van der Waals surface area contributed by atoms with E-state index in [2.05, 4.69) is 55.1 Å². The van der Waals surface area contributed by atoms with Crippen molar-refractivity contribution in [2.45, 2.75) is 13.8 Å². The van der Waals surface area contributed by atoms with Crippen molar-refractivity contribution in [2.75, 3.05) is 42.9 Å². The molecule has 4 rings (SSSR count). The van der Waals surface area contributed by atoms with Gasteiger partial charge in [-0.15, -0.1) is 0 Å². The smallest absolute Gasteiger partial charge is 0.257 e. The number of nitrogens with zero attached hydrogens (tertiary/aromatic N) is 3. The molecule has 2 aromatic carbocycles. The van der Waals surface area contributed by atoms with E-state index in [0.29, 0.717) is 17.2 Å². The summed E-state index contributed by atoms with van der Waals surface area (Å²) in [6.07, 6.45) is 1.53. The molecule has 3 aromatic rings. The summed E-state index contributed by atoms with van der Waals surface area (Å²) in [5.74, 6) is 0.915. The van der Waals surface area contributed by atoms with Crippen molar-refractivity contribution in [3.63, 3.8) is 0 Å². The molecule has 0 bridgehead atoms. The largest absolute Gasteiger partial charge is 0.439 e. The van der Waals surface area contributed by atoms with Gasteiger partial charge in [0, 0.05) is 54.3 Å². The molecule has 6 nitrogen and oxygen atoms in total. The Hall–Kier alpha value is -2.90. The number of carbonyl (C=O) groups is 1. The van der Waals surface area contributed by atoms with Gasteiger partial charge in [-0.1, -0.05) is 28.9 Å². The van der Waals surface area contributed by atoms with Gasteiger partial charge in [-0.2, -0.15) is 0 Å². The number of nitrogens with one attached hydrogen (secondary N) is 1. The second-order valence-electron chi connectivity index (χ2n) is 7.82. The Morgan fingerprint density at radius 2 is 1.91 bits per heavy atom. The summed E-state index contributed by atoms with van der Waals surface area (Å²) in [5, 5.41) is 3.00. The molecular formula is C25H27BrN4O2. The zero-order chi connectivity index (χ0) is 22.5. The lowest BCUT2D eigenvalue weighted by molar-refractivity contribution is 0.102.